The number of pyridine rings is 1. The molecular formula is C13H18FN3O. The highest BCUT2D eigenvalue weighted by Crippen LogP contribution is 2.08. The van der Waals surface area contributed by atoms with Crippen LogP contribution in [0.25, 0.3) is 0 Å². The average molecular weight is 251 g/mol. The van der Waals surface area contributed by atoms with Gasteiger partial charge in [-0.05, 0) is 25.1 Å². The van der Waals surface area contributed by atoms with Gasteiger partial charge < -0.3 is 4.90 Å². The van der Waals surface area contributed by atoms with E-state index in [9.17, 15) is 9.18 Å². The maximum atomic E-state index is 13.0. The molecular weight excluding hydrogens is 233 g/mol. The number of hydrogen-bond donors (Lipinski definition) is 0. The van der Waals surface area contributed by atoms with Crippen LogP contribution < -0.4 is 0 Å². The Balaban J connectivity index is 1.95. The van der Waals surface area contributed by atoms with Crippen molar-refractivity contribution in [2.45, 2.75) is 13.3 Å². The minimum atomic E-state index is -0.606. The average Bonchev–Trinajstić information content (AvgIpc) is 2.39. The largest absolute Gasteiger partial charge is 0.335 e. The van der Waals surface area contributed by atoms with Crippen LogP contribution in [0.2, 0.25) is 0 Å². The third kappa shape index (κ3) is 3.04. The van der Waals surface area contributed by atoms with E-state index < -0.39 is 5.95 Å². The number of carbonyl (C=O) groups excluding carboxylic acids is 1. The molecule has 0 spiro atoms. The Bertz CT molecular complexity index is 416. The zero-order valence-electron chi connectivity index (χ0n) is 10.6. The normalized spacial score (nSPS) is 16.9. The number of aromatic nitrogens is 1. The highest BCUT2D eigenvalue weighted by atomic mass is 19.1. The van der Waals surface area contributed by atoms with Gasteiger partial charge in [0.25, 0.3) is 5.91 Å². The number of rotatable bonds is 3. The number of nitrogens with zero attached hydrogens (tertiary/aromatic N) is 3. The van der Waals surface area contributed by atoms with Crippen molar-refractivity contribution < 1.29 is 9.18 Å². The predicted octanol–water partition coefficient (Wildman–Crippen LogP) is 1.39. The molecule has 1 aliphatic heterocycles. The quantitative estimate of drug-likeness (QED) is 0.762. The van der Waals surface area contributed by atoms with Gasteiger partial charge in [0.1, 0.15) is 5.69 Å². The minimum absolute atomic E-state index is 0.175. The SMILES string of the molecule is CCCN1CCN(C(=O)c2cccc(F)n2)CC1. The lowest BCUT2D eigenvalue weighted by Crippen LogP contribution is -2.48. The van der Waals surface area contributed by atoms with E-state index in [4.69, 9.17) is 0 Å². The smallest absolute Gasteiger partial charge is 0.272 e. The summed E-state index contributed by atoms with van der Waals surface area (Å²) in [6, 6.07) is 4.32. The Hall–Kier alpha value is -1.49. The number of carbonyl (C=O) groups is 1. The molecule has 1 saturated heterocycles. The molecule has 0 radical (unpaired) electrons. The predicted molar refractivity (Wildman–Crippen MR) is 66.8 cm³/mol. The zero-order chi connectivity index (χ0) is 13.0. The van der Waals surface area contributed by atoms with Crippen molar-refractivity contribution >= 4 is 5.91 Å². The van der Waals surface area contributed by atoms with E-state index in [1.54, 1.807) is 11.0 Å². The molecule has 4 nitrogen and oxygen atoms in total. The van der Waals surface area contributed by atoms with E-state index in [0.29, 0.717) is 13.1 Å². The lowest BCUT2D eigenvalue weighted by atomic mass is 10.2. The van der Waals surface area contributed by atoms with Crippen LogP contribution in [-0.2, 0) is 0 Å². The molecule has 0 unspecified atom stereocenters. The second kappa shape index (κ2) is 5.91. The van der Waals surface area contributed by atoms with Gasteiger partial charge in [0.15, 0.2) is 0 Å². The van der Waals surface area contributed by atoms with Gasteiger partial charge >= 0.3 is 0 Å². The molecule has 1 aromatic heterocycles. The fourth-order valence-electron chi connectivity index (χ4n) is 2.18. The summed E-state index contributed by atoms with van der Waals surface area (Å²) < 4.78 is 13.0. The molecule has 1 fully saturated rings. The Kier molecular flexibility index (Phi) is 4.25. The molecule has 1 aliphatic rings. The molecule has 1 aromatic rings. The number of piperazine rings is 1. The first-order valence-corrected chi connectivity index (χ1v) is 6.35. The Morgan fingerprint density at radius 1 is 1.33 bits per heavy atom. The van der Waals surface area contributed by atoms with Crippen molar-refractivity contribution in [2.24, 2.45) is 0 Å². The second-order valence-corrected chi connectivity index (χ2v) is 4.48. The van der Waals surface area contributed by atoms with Crippen LogP contribution in [0.3, 0.4) is 0 Å². The summed E-state index contributed by atoms with van der Waals surface area (Å²) in [5.41, 5.74) is 0.193. The molecule has 0 N–H and O–H groups in total. The maximum Gasteiger partial charge on any atom is 0.272 e. The van der Waals surface area contributed by atoms with E-state index >= 15 is 0 Å². The van der Waals surface area contributed by atoms with E-state index in [1.807, 2.05) is 0 Å². The number of hydrogen-bond acceptors (Lipinski definition) is 3. The third-order valence-corrected chi connectivity index (χ3v) is 3.13. The fraction of sp³-hybridized carbons (Fsp3) is 0.538. The van der Waals surface area contributed by atoms with Gasteiger partial charge in [-0.15, -0.1) is 0 Å². The van der Waals surface area contributed by atoms with Crippen molar-refractivity contribution in [3.05, 3.63) is 29.8 Å². The van der Waals surface area contributed by atoms with Gasteiger partial charge in [0.05, 0.1) is 0 Å². The third-order valence-electron chi connectivity index (χ3n) is 3.13. The van der Waals surface area contributed by atoms with Crippen LogP contribution in [0.1, 0.15) is 23.8 Å². The van der Waals surface area contributed by atoms with Crippen LogP contribution in [0.15, 0.2) is 18.2 Å². The summed E-state index contributed by atoms with van der Waals surface area (Å²) in [5.74, 6) is -0.781. The molecule has 18 heavy (non-hydrogen) atoms. The van der Waals surface area contributed by atoms with Gasteiger partial charge in [-0.3, -0.25) is 9.69 Å². The van der Waals surface area contributed by atoms with Gasteiger partial charge in [-0.1, -0.05) is 13.0 Å². The van der Waals surface area contributed by atoms with Crippen LogP contribution >= 0.6 is 0 Å². The van der Waals surface area contributed by atoms with Crippen molar-refractivity contribution in [3.63, 3.8) is 0 Å². The van der Waals surface area contributed by atoms with Crippen LogP contribution in [0.4, 0.5) is 4.39 Å². The van der Waals surface area contributed by atoms with Gasteiger partial charge in [0, 0.05) is 26.2 Å². The summed E-state index contributed by atoms with van der Waals surface area (Å²) in [6.07, 6.45) is 1.12. The molecule has 1 amide bonds. The van der Waals surface area contributed by atoms with Crippen LogP contribution in [0, 0.1) is 5.95 Å². The molecule has 0 bridgehead atoms. The standard InChI is InChI=1S/C13H18FN3O/c1-2-6-16-7-9-17(10-8-16)13(18)11-4-3-5-12(14)15-11/h3-5H,2,6-10H2,1H3. The topological polar surface area (TPSA) is 36.4 Å². The molecule has 0 aliphatic carbocycles. The van der Waals surface area contributed by atoms with Crippen molar-refractivity contribution in [3.8, 4) is 0 Å². The van der Waals surface area contributed by atoms with E-state index in [1.165, 1.54) is 12.1 Å². The van der Waals surface area contributed by atoms with E-state index in [-0.39, 0.29) is 11.6 Å². The number of amides is 1. The lowest BCUT2D eigenvalue weighted by Gasteiger charge is -2.34. The molecule has 0 atom stereocenters. The highest BCUT2D eigenvalue weighted by molar-refractivity contribution is 5.92. The Morgan fingerprint density at radius 3 is 2.67 bits per heavy atom. The molecule has 2 rings (SSSR count). The molecule has 98 valence electrons. The van der Waals surface area contributed by atoms with E-state index in [2.05, 4.69) is 16.8 Å². The lowest BCUT2D eigenvalue weighted by molar-refractivity contribution is 0.0630. The maximum absolute atomic E-state index is 13.0. The monoisotopic (exact) mass is 251 g/mol. The first kappa shape index (κ1) is 13.0. The van der Waals surface area contributed by atoms with Crippen molar-refractivity contribution in [1.29, 1.82) is 0 Å². The van der Waals surface area contributed by atoms with Crippen molar-refractivity contribution in [2.75, 3.05) is 32.7 Å². The molecule has 0 saturated carbocycles. The first-order valence-electron chi connectivity index (χ1n) is 6.35. The van der Waals surface area contributed by atoms with Gasteiger partial charge in [0.2, 0.25) is 5.95 Å². The van der Waals surface area contributed by atoms with E-state index in [0.717, 1.165) is 26.1 Å². The summed E-state index contributed by atoms with van der Waals surface area (Å²) in [4.78, 5) is 19.8. The number of halogens is 1. The summed E-state index contributed by atoms with van der Waals surface area (Å²) >= 11 is 0. The Morgan fingerprint density at radius 2 is 2.06 bits per heavy atom. The van der Waals surface area contributed by atoms with Crippen LogP contribution in [-0.4, -0.2) is 53.4 Å². The van der Waals surface area contributed by atoms with Crippen molar-refractivity contribution in [1.82, 2.24) is 14.8 Å². The van der Waals surface area contributed by atoms with Crippen LogP contribution in [0.5, 0.6) is 0 Å². The first-order chi connectivity index (χ1) is 8.70. The molecule has 0 aromatic carbocycles. The zero-order valence-corrected chi connectivity index (χ0v) is 10.6. The second-order valence-electron chi connectivity index (χ2n) is 4.48. The molecule has 2 heterocycles. The summed E-state index contributed by atoms with van der Waals surface area (Å²) in [7, 11) is 0. The minimum Gasteiger partial charge on any atom is -0.335 e. The fourth-order valence-corrected chi connectivity index (χ4v) is 2.18. The summed E-state index contributed by atoms with van der Waals surface area (Å²) in [6.45, 7) is 6.37. The summed E-state index contributed by atoms with van der Waals surface area (Å²) in [5, 5.41) is 0. The van der Waals surface area contributed by atoms with Gasteiger partial charge in [-0.2, -0.15) is 4.39 Å². The van der Waals surface area contributed by atoms with Gasteiger partial charge in [-0.25, -0.2) is 4.98 Å². The highest BCUT2D eigenvalue weighted by Gasteiger charge is 2.22. The Labute approximate surface area is 106 Å². The molecule has 5 heteroatoms.